The summed E-state index contributed by atoms with van der Waals surface area (Å²) in [6, 6.07) is 7.52. The summed E-state index contributed by atoms with van der Waals surface area (Å²) in [4.78, 5) is 27.8. The SMILES string of the molecule is CC(C)N1CC(NC(=O)c2ccc(N(C)C)cc2)CC1=O. The van der Waals surface area contributed by atoms with Crippen LogP contribution in [0.3, 0.4) is 0 Å². The van der Waals surface area contributed by atoms with Crippen molar-refractivity contribution in [3.63, 3.8) is 0 Å². The summed E-state index contributed by atoms with van der Waals surface area (Å²) in [6.45, 7) is 4.57. The molecule has 2 rings (SSSR count). The van der Waals surface area contributed by atoms with Gasteiger partial charge in [0.1, 0.15) is 0 Å². The largest absolute Gasteiger partial charge is 0.378 e. The van der Waals surface area contributed by atoms with Crippen molar-refractivity contribution >= 4 is 17.5 Å². The van der Waals surface area contributed by atoms with Crippen molar-refractivity contribution in [2.24, 2.45) is 0 Å². The number of hydrogen-bond acceptors (Lipinski definition) is 3. The molecule has 0 radical (unpaired) electrons. The van der Waals surface area contributed by atoms with Gasteiger partial charge >= 0.3 is 0 Å². The Kier molecular flexibility index (Phi) is 4.50. The molecule has 1 atom stereocenters. The topological polar surface area (TPSA) is 52.7 Å². The summed E-state index contributed by atoms with van der Waals surface area (Å²) < 4.78 is 0. The third-order valence-electron chi connectivity index (χ3n) is 3.76. The Morgan fingerprint density at radius 2 is 1.90 bits per heavy atom. The summed E-state index contributed by atoms with van der Waals surface area (Å²) in [6.07, 6.45) is 0.389. The van der Waals surface area contributed by atoms with E-state index in [4.69, 9.17) is 0 Å². The first kappa shape index (κ1) is 15.4. The van der Waals surface area contributed by atoms with E-state index in [1.54, 1.807) is 4.90 Å². The zero-order valence-corrected chi connectivity index (χ0v) is 13.1. The zero-order chi connectivity index (χ0) is 15.6. The normalized spacial score (nSPS) is 18.2. The lowest BCUT2D eigenvalue weighted by Crippen LogP contribution is -2.38. The summed E-state index contributed by atoms with van der Waals surface area (Å²) in [5, 5.41) is 2.94. The third kappa shape index (κ3) is 3.54. The summed E-state index contributed by atoms with van der Waals surface area (Å²) >= 11 is 0. The van der Waals surface area contributed by atoms with Crippen LogP contribution in [0.2, 0.25) is 0 Å². The van der Waals surface area contributed by atoms with Crippen LogP contribution in [0.25, 0.3) is 0 Å². The fraction of sp³-hybridized carbons (Fsp3) is 0.500. The van der Waals surface area contributed by atoms with Crippen LogP contribution in [0.5, 0.6) is 0 Å². The maximum atomic E-state index is 12.2. The minimum Gasteiger partial charge on any atom is -0.378 e. The molecule has 0 bridgehead atoms. The maximum absolute atomic E-state index is 12.2. The average Bonchev–Trinajstić information content (AvgIpc) is 2.79. The van der Waals surface area contributed by atoms with Crippen LogP contribution in [0.4, 0.5) is 5.69 Å². The van der Waals surface area contributed by atoms with E-state index in [-0.39, 0.29) is 23.9 Å². The lowest BCUT2D eigenvalue weighted by molar-refractivity contribution is -0.129. The molecule has 21 heavy (non-hydrogen) atoms. The van der Waals surface area contributed by atoms with Crippen LogP contribution in [-0.2, 0) is 4.79 Å². The molecule has 1 fully saturated rings. The number of nitrogens with one attached hydrogen (secondary N) is 1. The Bertz CT molecular complexity index is 523. The molecule has 1 aliphatic heterocycles. The van der Waals surface area contributed by atoms with E-state index in [1.807, 2.05) is 57.1 Å². The number of benzene rings is 1. The molecule has 0 spiro atoms. The molecular formula is C16H23N3O2. The second-order valence-corrected chi connectivity index (χ2v) is 5.96. The van der Waals surface area contributed by atoms with Crippen LogP contribution < -0.4 is 10.2 Å². The molecule has 2 amide bonds. The molecule has 1 saturated heterocycles. The zero-order valence-electron chi connectivity index (χ0n) is 13.1. The Labute approximate surface area is 125 Å². The molecule has 5 heteroatoms. The molecule has 114 valence electrons. The van der Waals surface area contributed by atoms with E-state index >= 15 is 0 Å². The third-order valence-corrected chi connectivity index (χ3v) is 3.76. The van der Waals surface area contributed by atoms with Crippen LogP contribution in [0, 0.1) is 0 Å². The highest BCUT2D eigenvalue weighted by molar-refractivity contribution is 5.95. The van der Waals surface area contributed by atoms with Gasteiger partial charge in [-0.2, -0.15) is 0 Å². The van der Waals surface area contributed by atoms with Crippen LogP contribution in [-0.4, -0.2) is 49.4 Å². The van der Waals surface area contributed by atoms with Gasteiger partial charge in [-0.25, -0.2) is 0 Å². The van der Waals surface area contributed by atoms with Gasteiger partial charge in [-0.1, -0.05) is 0 Å². The van der Waals surface area contributed by atoms with Gasteiger partial charge in [0, 0.05) is 44.4 Å². The van der Waals surface area contributed by atoms with Crippen molar-refractivity contribution in [2.75, 3.05) is 25.5 Å². The summed E-state index contributed by atoms with van der Waals surface area (Å²) in [5.74, 6) is -0.0121. The number of anilines is 1. The average molecular weight is 289 g/mol. The smallest absolute Gasteiger partial charge is 0.251 e. The van der Waals surface area contributed by atoms with E-state index in [0.29, 0.717) is 18.5 Å². The van der Waals surface area contributed by atoms with Crippen molar-refractivity contribution < 1.29 is 9.59 Å². The van der Waals surface area contributed by atoms with Gasteiger partial charge in [-0.05, 0) is 38.1 Å². The lowest BCUT2D eigenvalue weighted by Gasteiger charge is -2.21. The monoisotopic (exact) mass is 289 g/mol. The van der Waals surface area contributed by atoms with Crippen molar-refractivity contribution in [1.29, 1.82) is 0 Å². The molecule has 1 unspecified atom stereocenters. The molecular weight excluding hydrogens is 266 g/mol. The molecule has 0 saturated carbocycles. The second-order valence-electron chi connectivity index (χ2n) is 5.96. The fourth-order valence-electron chi connectivity index (χ4n) is 2.51. The molecule has 1 aliphatic rings. The highest BCUT2D eigenvalue weighted by Crippen LogP contribution is 2.16. The van der Waals surface area contributed by atoms with E-state index in [2.05, 4.69) is 5.32 Å². The Balaban J connectivity index is 1.97. The summed E-state index contributed by atoms with van der Waals surface area (Å²) in [5.41, 5.74) is 1.67. The van der Waals surface area contributed by atoms with Gasteiger partial charge in [-0.15, -0.1) is 0 Å². The predicted molar refractivity (Wildman–Crippen MR) is 83.5 cm³/mol. The molecule has 1 aromatic rings. The minimum atomic E-state index is -0.122. The number of amides is 2. The first-order valence-corrected chi connectivity index (χ1v) is 7.26. The van der Waals surface area contributed by atoms with Gasteiger partial charge in [0.2, 0.25) is 5.91 Å². The molecule has 0 aliphatic carbocycles. The Hall–Kier alpha value is -2.04. The highest BCUT2D eigenvalue weighted by Gasteiger charge is 2.32. The summed E-state index contributed by atoms with van der Waals surface area (Å²) in [7, 11) is 3.92. The van der Waals surface area contributed by atoms with Crippen molar-refractivity contribution in [3.05, 3.63) is 29.8 Å². The number of rotatable bonds is 4. The maximum Gasteiger partial charge on any atom is 0.251 e. The Morgan fingerprint density at radius 3 is 2.38 bits per heavy atom. The minimum absolute atomic E-state index is 0.0964. The standard InChI is InChI=1S/C16H23N3O2/c1-11(2)19-10-13(9-15(19)20)17-16(21)12-5-7-14(8-6-12)18(3)4/h5-8,11,13H,9-10H2,1-4H3,(H,17,21). The number of hydrogen-bond donors (Lipinski definition) is 1. The Morgan fingerprint density at radius 1 is 1.29 bits per heavy atom. The van der Waals surface area contributed by atoms with Crippen LogP contribution in [0.15, 0.2) is 24.3 Å². The fourth-order valence-corrected chi connectivity index (χ4v) is 2.51. The molecule has 5 nitrogen and oxygen atoms in total. The van der Waals surface area contributed by atoms with Gasteiger partial charge in [0.25, 0.3) is 5.91 Å². The van der Waals surface area contributed by atoms with Gasteiger partial charge in [-0.3, -0.25) is 9.59 Å². The molecule has 1 N–H and O–H groups in total. The number of carbonyl (C=O) groups excluding carboxylic acids is 2. The molecule has 1 aromatic carbocycles. The number of nitrogens with zero attached hydrogens (tertiary/aromatic N) is 2. The van der Waals surface area contributed by atoms with Gasteiger partial charge in [0.05, 0.1) is 6.04 Å². The number of carbonyl (C=O) groups is 2. The number of likely N-dealkylation sites (tertiary alicyclic amines) is 1. The quantitative estimate of drug-likeness (QED) is 0.913. The van der Waals surface area contributed by atoms with Crippen molar-refractivity contribution in [1.82, 2.24) is 10.2 Å². The second kappa shape index (κ2) is 6.16. The first-order chi connectivity index (χ1) is 9.88. The molecule has 0 aromatic heterocycles. The van der Waals surface area contributed by atoms with E-state index in [0.717, 1.165) is 5.69 Å². The van der Waals surface area contributed by atoms with Gasteiger partial charge in [0.15, 0.2) is 0 Å². The van der Waals surface area contributed by atoms with E-state index in [1.165, 1.54) is 0 Å². The van der Waals surface area contributed by atoms with Crippen LogP contribution >= 0.6 is 0 Å². The van der Waals surface area contributed by atoms with Crippen molar-refractivity contribution in [2.45, 2.75) is 32.4 Å². The van der Waals surface area contributed by atoms with Crippen LogP contribution in [0.1, 0.15) is 30.6 Å². The van der Waals surface area contributed by atoms with E-state index in [9.17, 15) is 9.59 Å². The lowest BCUT2D eigenvalue weighted by atomic mass is 10.1. The molecule has 1 heterocycles. The highest BCUT2D eigenvalue weighted by atomic mass is 16.2. The first-order valence-electron chi connectivity index (χ1n) is 7.26. The van der Waals surface area contributed by atoms with Gasteiger partial charge < -0.3 is 15.1 Å². The van der Waals surface area contributed by atoms with E-state index < -0.39 is 0 Å². The predicted octanol–water partition coefficient (Wildman–Crippen LogP) is 1.49. The van der Waals surface area contributed by atoms with Crippen molar-refractivity contribution in [3.8, 4) is 0 Å².